The quantitative estimate of drug-likeness (QED) is 0.772. The topological polar surface area (TPSA) is 56.1 Å². The molecule has 2 aromatic carbocycles. The fourth-order valence-corrected chi connectivity index (χ4v) is 2.52. The molecule has 1 amide bonds. The summed E-state index contributed by atoms with van der Waals surface area (Å²) in [6.45, 7) is 2.38. The maximum Gasteiger partial charge on any atom is 0.256 e. The van der Waals surface area contributed by atoms with Crippen molar-refractivity contribution in [3.05, 3.63) is 77.2 Å². The highest BCUT2D eigenvalue weighted by molar-refractivity contribution is 6.03. The van der Waals surface area contributed by atoms with Gasteiger partial charge in [-0.15, -0.1) is 0 Å². The first-order valence-corrected chi connectivity index (χ1v) is 7.80. The molecule has 1 heterocycles. The molecule has 0 unspecified atom stereocenters. The van der Waals surface area contributed by atoms with E-state index in [4.69, 9.17) is 4.74 Å². The number of hydrogen-bond acceptors (Lipinski definition) is 3. The zero-order valence-electron chi connectivity index (χ0n) is 14.0. The number of hydrogen-bond donors (Lipinski definition) is 1. The fraction of sp³-hybridized carbons (Fsp3) is 0.158. The van der Waals surface area contributed by atoms with Crippen LogP contribution in [0.5, 0.6) is 5.75 Å². The highest BCUT2D eigenvalue weighted by Gasteiger charge is 2.13. The van der Waals surface area contributed by atoms with Gasteiger partial charge in [0.1, 0.15) is 5.82 Å². The van der Waals surface area contributed by atoms with Gasteiger partial charge in [0.2, 0.25) is 0 Å². The number of halogens is 1. The minimum Gasteiger partial charge on any atom is -0.494 e. The Morgan fingerprint density at radius 3 is 2.64 bits per heavy atom. The lowest BCUT2D eigenvalue weighted by molar-refractivity contribution is 0.102. The van der Waals surface area contributed by atoms with E-state index in [2.05, 4.69) is 10.4 Å². The van der Waals surface area contributed by atoms with E-state index >= 15 is 0 Å². The number of carbonyl (C=O) groups is 1. The fourth-order valence-electron chi connectivity index (χ4n) is 2.52. The Balaban J connectivity index is 1.81. The molecule has 0 aliphatic heterocycles. The molecule has 25 heavy (non-hydrogen) atoms. The first-order valence-electron chi connectivity index (χ1n) is 7.80. The van der Waals surface area contributed by atoms with E-state index in [1.165, 1.54) is 19.2 Å². The Morgan fingerprint density at radius 2 is 1.96 bits per heavy atom. The van der Waals surface area contributed by atoms with Gasteiger partial charge in [-0.1, -0.05) is 30.3 Å². The van der Waals surface area contributed by atoms with Crippen LogP contribution in [0.15, 0.2) is 54.6 Å². The number of aryl methyl sites for hydroxylation is 1. The molecular formula is C19H18FN3O2. The Hall–Kier alpha value is -3.15. The standard InChI is InChI=1S/C19H18FN3O2/c1-13-10-18(23(22-13)12-14-6-4-3-5-7-14)21-19(24)15-8-9-17(25-2)16(20)11-15/h3-11H,12H2,1-2H3,(H,21,24). The molecule has 6 heteroatoms. The van der Waals surface area contributed by atoms with E-state index in [1.54, 1.807) is 10.7 Å². The Kier molecular flexibility index (Phi) is 4.79. The van der Waals surface area contributed by atoms with Crippen molar-refractivity contribution in [2.45, 2.75) is 13.5 Å². The second-order valence-corrected chi connectivity index (χ2v) is 5.62. The molecule has 0 bridgehead atoms. The average Bonchev–Trinajstić information content (AvgIpc) is 2.94. The molecule has 1 aromatic heterocycles. The molecule has 0 spiro atoms. The summed E-state index contributed by atoms with van der Waals surface area (Å²) in [7, 11) is 1.38. The van der Waals surface area contributed by atoms with Crippen LogP contribution in [0.4, 0.5) is 10.2 Å². The molecule has 0 saturated heterocycles. The molecule has 0 aliphatic carbocycles. The number of nitrogens with one attached hydrogen (secondary N) is 1. The van der Waals surface area contributed by atoms with E-state index in [0.29, 0.717) is 12.4 Å². The zero-order valence-corrected chi connectivity index (χ0v) is 14.0. The third-order valence-electron chi connectivity index (χ3n) is 3.73. The molecular weight excluding hydrogens is 321 g/mol. The minimum atomic E-state index is -0.580. The second-order valence-electron chi connectivity index (χ2n) is 5.62. The van der Waals surface area contributed by atoms with Crippen LogP contribution in [0, 0.1) is 12.7 Å². The van der Waals surface area contributed by atoms with Crippen molar-refractivity contribution < 1.29 is 13.9 Å². The van der Waals surface area contributed by atoms with E-state index < -0.39 is 11.7 Å². The van der Waals surface area contributed by atoms with Crippen LogP contribution in [-0.2, 0) is 6.54 Å². The summed E-state index contributed by atoms with van der Waals surface area (Å²) >= 11 is 0. The van der Waals surface area contributed by atoms with Crippen molar-refractivity contribution in [1.82, 2.24) is 9.78 Å². The average molecular weight is 339 g/mol. The molecule has 0 fully saturated rings. The number of rotatable bonds is 5. The van der Waals surface area contributed by atoms with Crippen molar-refractivity contribution in [3.63, 3.8) is 0 Å². The van der Waals surface area contributed by atoms with Gasteiger partial charge in [0.25, 0.3) is 5.91 Å². The van der Waals surface area contributed by atoms with Crippen LogP contribution in [0.3, 0.4) is 0 Å². The lowest BCUT2D eigenvalue weighted by atomic mass is 10.2. The summed E-state index contributed by atoms with van der Waals surface area (Å²) in [5.74, 6) is -0.330. The van der Waals surface area contributed by atoms with Crippen LogP contribution in [-0.4, -0.2) is 22.8 Å². The molecule has 0 aliphatic rings. The maximum absolute atomic E-state index is 13.8. The van der Waals surface area contributed by atoms with Gasteiger partial charge in [-0.3, -0.25) is 4.79 Å². The molecule has 3 rings (SSSR count). The lowest BCUT2D eigenvalue weighted by Gasteiger charge is -2.10. The van der Waals surface area contributed by atoms with Gasteiger partial charge < -0.3 is 10.1 Å². The van der Waals surface area contributed by atoms with Gasteiger partial charge in [-0.05, 0) is 30.7 Å². The van der Waals surface area contributed by atoms with E-state index in [-0.39, 0.29) is 11.3 Å². The smallest absolute Gasteiger partial charge is 0.256 e. The van der Waals surface area contributed by atoms with Crippen molar-refractivity contribution in [3.8, 4) is 5.75 Å². The van der Waals surface area contributed by atoms with Gasteiger partial charge in [0.05, 0.1) is 19.3 Å². The number of methoxy groups -OCH3 is 1. The SMILES string of the molecule is COc1ccc(C(=O)Nc2cc(C)nn2Cc2ccccc2)cc1F. The first-order chi connectivity index (χ1) is 12.1. The minimum absolute atomic E-state index is 0.0986. The molecule has 128 valence electrons. The zero-order chi connectivity index (χ0) is 17.8. The maximum atomic E-state index is 13.8. The Morgan fingerprint density at radius 1 is 1.20 bits per heavy atom. The third-order valence-corrected chi connectivity index (χ3v) is 3.73. The summed E-state index contributed by atoms with van der Waals surface area (Å²) in [4.78, 5) is 12.4. The molecule has 0 radical (unpaired) electrons. The van der Waals surface area contributed by atoms with Crippen LogP contribution in [0.2, 0.25) is 0 Å². The van der Waals surface area contributed by atoms with Gasteiger partial charge in [-0.25, -0.2) is 9.07 Å². The number of aromatic nitrogens is 2. The van der Waals surface area contributed by atoms with Crippen molar-refractivity contribution in [1.29, 1.82) is 0 Å². The molecule has 0 atom stereocenters. The number of ether oxygens (including phenoxy) is 1. The second kappa shape index (κ2) is 7.17. The Bertz CT molecular complexity index is 891. The highest BCUT2D eigenvalue weighted by atomic mass is 19.1. The van der Waals surface area contributed by atoms with Gasteiger partial charge in [0, 0.05) is 11.6 Å². The summed E-state index contributed by atoms with van der Waals surface area (Å²) in [6, 6.07) is 15.7. The van der Waals surface area contributed by atoms with Gasteiger partial charge in [0.15, 0.2) is 11.6 Å². The summed E-state index contributed by atoms with van der Waals surface area (Å²) in [6.07, 6.45) is 0. The van der Waals surface area contributed by atoms with Crippen LogP contribution < -0.4 is 10.1 Å². The largest absolute Gasteiger partial charge is 0.494 e. The van der Waals surface area contributed by atoms with E-state index in [0.717, 1.165) is 17.3 Å². The van der Waals surface area contributed by atoms with Crippen molar-refractivity contribution >= 4 is 11.7 Å². The van der Waals surface area contributed by atoms with Crippen LogP contribution in [0.1, 0.15) is 21.6 Å². The van der Waals surface area contributed by atoms with Crippen LogP contribution in [0.25, 0.3) is 0 Å². The third kappa shape index (κ3) is 3.85. The van der Waals surface area contributed by atoms with E-state index in [9.17, 15) is 9.18 Å². The number of anilines is 1. The molecule has 0 saturated carbocycles. The number of carbonyl (C=O) groups excluding carboxylic acids is 1. The molecule has 5 nitrogen and oxygen atoms in total. The monoisotopic (exact) mass is 339 g/mol. The molecule has 1 N–H and O–H groups in total. The van der Waals surface area contributed by atoms with Crippen molar-refractivity contribution in [2.24, 2.45) is 0 Å². The number of amides is 1. The normalized spacial score (nSPS) is 10.5. The van der Waals surface area contributed by atoms with Crippen LogP contribution >= 0.6 is 0 Å². The predicted octanol–water partition coefficient (Wildman–Crippen LogP) is 3.64. The predicted molar refractivity (Wildman–Crippen MR) is 93.4 cm³/mol. The first kappa shape index (κ1) is 16.7. The van der Waals surface area contributed by atoms with Gasteiger partial charge >= 0.3 is 0 Å². The Labute approximate surface area is 145 Å². The summed E-state index contributed by atoms with van der Waals surface area (Å²) in [5.41, 5.74) is 2.06. The lowest BCUT2D eigenvalue weighted by Crippen LogP contribution is -2.16. The summed E-state index contributed by atoms with van der Waals surface area (Å²) < 4.78 is 20.4. The number of nitrogens with zero attached hydrogens (tertiary/aromatic N) is 2. The number of benzene rings is 2. The molecule has 3 aromatic rings. The van der Waals surface area contributed by atoms with E-state index in [1.807, 2.05) is 37.3 Å². The summed E-state index contributed by atoms with van der Waals surface area (Å²) in [5, 5.41) is 7.19. The van der Waals surface area contributed by atoms with Crippen molar-refractivity contribution in [2.75, 3.05) is 12.4 Å². The van der Waals surface area contributed by atoms with Gasteiger partial charge in [-0.2, -0.15) is 5.10 Å². The highest BCUT2D eigenvalue weighted by Crippen LogP contribution is 2.19.